The summed E-state index contributed by atoms with van der Waals surface area (Å²) in [6.07, 6.45) is 0.609. The lowest BCUT2D eigenvalue weighted by Gasteiger charge is -2.26. The van der Waals surface area contributed by atoms with E-state index in [4.69, 9.17) is 10.4 Å². The zero-order valence-corrected chi connectivity index (χ0v) is 10.8. The molecule has 0 amide bonds. The summed E-state index contributed by atoms with van der Waals surface area (Å²) in [5, 5.41) is 20.7. The second kappa shape index (κ2) is 5.50. The molecule has 0 saturated heterocycles. The molecule has 5 heteroatoms. The normalized spacial score (nSPS) is 10.8. The molecule has 0 fully saturated rings. The summed E-state index contributed by atoms with van der Waals surface area (Å²) in [6, 6.07) is 5.49. The van der Waals surface area contributed by atoms with Crippen LogP contribution in [-0.4, -0.2) is 21.6 Å². The van der Waals surface area contributed by atoms with Gasteiger partial charge in [0.05, 0.1) is 11.3 Å². The van der Waals surface area contributed by atoms with Gasteiger partial charge in [0.1, 0.15) is 11.9 Å². The van der Waals surface area contributed by atoms with Crippen molar-refractivity contribution in [3.8, 4) is 6.07 Å². The zero-order chi connectivity index (χ0) is 13.8. The van der Waals surface area contributed by atoms with Gasteiger partial charge < -0.3 is 10.4 Å². The van der Waals surface area contributed by atoms with Crippen LogP contribution in [0, 0.1) is 18.3 Å². The number of rotatable bonds is 5. The van der Waals surface area contributed by atoms with Crippen LogP contribution in [0.1, 0.15) is 37.9 Å². The predicted molar refractivity (Wildman–Crippen MR) is 68.3 cm³/mol. The van der Waals surface area contributed by atoms with Gasteiger partial charge in [-0.3, -0.25) is 4.79 Å². The number of hydrogen-bond donors (Lipinski definition) is 2. The van der Waals surface area contributed by atoms with Crippen LogP contribution < -0.4 is 5.32 Å². The molecule has 18 heavy (non-hydrogen) atoms. The SMILES string of the molecule is Cc1nc(NC(C)(C)CCC(=O)O)ccc1C#N. The standard InChI is InChI=1S/C13H17N3O2/c1-9-10(8-14)4-5-11(15-9)16-13(2,3)7-6-12(17)18/h4-5H,6-7H2,1-3H3,(H,15,16)(H,17,18). The van der Waals surface area contributed by atoms with Crippen molar-refractivity contribution < 1.29 is 9.90 Å². The van der Waals surface area contributed by atoms with Crippen LogP contribution in [-0.2, 0) is 4.79 Å². The highest BCUT2D eigenvalue weighted by molar-refractivity contribution is 5.66. The highest BCUT2D eigenvalue weighted by Gasteiger charge is 2.19. The van der Waals surface area contributed by atoms with Crippen LogP contribution in [0.3, 0.4) is 0 Å². The third-order valence-corrected chi connectivity index (χ3v) is 2.64. The molecule has 0 bridgehead atoms. The molecule has 1 aromatic rings. The minimum absolute atomic E-state index is 0.106. The molecule has 1 rings (SSSR count). The number of hydrogen-bond acceptors (Lipinski definition) is 4. The number of nitriles is 1. The van der Waals surface area contributed by atoms with Gasteiger partial charge in [0.15, 0.2) is 0 Å². The lowest BCUT2D eigenvalue weighted by Crippen LogP contribution is -2.32. The number of nitrogens with one attached hydrogen (secondary N) is 1. The van der Waals surface area contributed by atoms with Gasteiger partial charge >= 0.3 is 5.97 Å². The highest BCUT2D eigenvalue weighted by atomic mass is 16.4. The Kier molecular flexibility index (Phi) is 4.27. The largest absolute Gasteiger partial charge is 0.481 e. The average Bonchev–Trinajstić information content (AvgIpc) is 2.26. The number of aliphatic carboxylic acids is 1. The van der Waals surface area contributed by atoms with Gasteiger partial charge in [-0.25, -0.2) is 4.98 Å². The van der Waals surface area contributed by atoms with Gasteiger partial charge in [-0.05, 0) is 39.3 Å². The summed E-state index contributed by atoms with van der Waals surface area (Å²) < 4.78 is 0. The van der Waals surface area contributed by atoms with Gasteiger partial charge in [-0.1, -0.05) is 0 Å². The van der Waals surface area contributed by atoms with Crippen LogP contribution in [0.4, 0.5) is 5.82 Å². The molecule has 96 valence electrons. The van der Waals surface area contributed by atoms with Crippen molar-refractivity contribution in [2.45, 2.75) is 39.2 Å². The number of carbonyl (C=O) groups is 1. The maximum absolute atomic E-state index is 10.6. The van der Waals surface area contributed by atoms with E-state index in [1.807, 2.05) is 13.8 Å². The van der Waals surface area contributed by atoms with Crippen molar-refractivity contribution in [3.63, 3.8) is 0 Å². The molecule has 0 unspecified atom stereocenters. The Morgan fingerprint density at radius 2 is 2.22 bits per heavy atom. The van der Waals surface area contributed by atoms with E-state index in [2.05, 4.69) is 16.4 Å². The maximum atomic E-state index is 10.6. The second-order valence-corrected chi connectivity index (χ2v) is 4.84. The summed E-state index contributed by atoms with van der Waals surface area (Å²) in [6.45, 7) is 5.62. The Morgan fingerprint density at radius 3 is 2.72 bits per heavy atom. The number of nitrogens with zero attached hydrogens (tertiary/aromatic N) is 2. The lowest BCUT2D eigenvalue weighted by atomic mass is 9.98. The molecule has 0 aromatic carbocycles. The van der Waals surface area contributed by atoms with E-state index < -0.39 is 5.97 Å². The molecule has 5 nitrogen and oxygen atoms in total. The summed E-state index contributed by atoms with van der Waals surface area (Å²) in [5.74, 6) is -0.157. The van der Waals surface area contributed by atoms with Crippen molar-refractivity contribution in [1.82, 2.24) is 4.98 Å². The smallest absolute Gasteiger partial charge is 0.303 e. The first-order valence-electron chi connectivity index (χ1n) is 5.72. The van der Waals surface area contributed by atoms with E-state index in [9.17, 15) is 4.79 Å². The lowest BCUT2D eigenvalue weighted by molar-refractivity contribution is -0.137. The molecule has 0 radical (unpaired) electrons. The molecule has 0 saturated carbocycles. The number of carboxylic acids is 1. The zero-order valence-electron chi connectivity index (χ0n) is 10.8. The van der Waals surface area contributed by atoms with Crippen molar-refractivity contribution in [2.24, 2.45) is 0 Å². The Hall–Kier alpha value is -2.09. The van der Waals surface area contributed by atoms with Crippen molar-refractivity contribution >= 4 is 11.8 Å². The van der Waals surface area contributed by atoms with Crippen molar-refractivity contribution in [1.29, 1.82) is 5.26 Å². The number of carboxylic acid groups (broad SMARTS) is 1. The summed E-state index contributed by atoms with van der Waals surface area (Å²) in [5.41, 5.74) is 0.854. The van der Waals surface area contributed by atoms with E-state index in [0.29, 0.717) is 23.5 Å². The van der Waals surface area contributed by atoms with Crippen LogP contribution in [0.5, 0.6) is 0 Å². The van der Waals surface area contributed by atoms with Crippen molar-refractivity contribution in [2.75, 3.05) is 5.32 Å². The number of anilines is 1. The fraction of sp³-hybridized carbons (Fsp3) is 0.462. The predicted octanol–water partition coefficient (Wildman–Crippen LogP) is 2.32. The summed E-state index contributed by atoms with van der Waals surface area (Å²) in [4.78, 5) is 14.8. The third-order valence-electron chi connectivity index (χ3n) is 2.64. The monoisotopic (exact) mass is 247 g/mol. The average molecular weight is 247 g/mol. The molecular formula is C13H17N3O2. The third kappa shape index (κ3) is 4.06. The highest BCUT2D eigenvalue weighted by Crippen LogP contribution is 2.19. The number of pyridine rings is 1. The van der Waals surface area contributed by atoms with Gasteiger partial charge in [0.25, 0.3) is 0 Å². The Bertz CT molecular complexity index is 489. The molecule has 1 heterocycles. The van der Waals surface area contributed by atoms with Gasteiger partial charge in [-0.15, -0.1) is 0 Å². The molecule has 1 aromatic heterocycles. The van der Waals surface area contributed by atoms with E-state index in [0.717, 1.165) is 0 Å². The van der Waals surface area contributed by atoms with Gasteiger partial charge in [0, 0.05) is 12.0 Å². The summed E-state index contributed by atoms with van der Waals surface area (Å²) in [7, 11) is 0. The minimum Gasteiger partial charge on any atom is -0.481 e. The molecule has 0 atom stereocenters. The second-order valence-electron chi connectivity index (χ2n) is 4.84. The van der Waals surface area contributed by atoms with E-state index in [1.165, 1.54) is 0 Å². The fourth-order valence-electron chi connectivity index (χ4n) is 1.58. The Balaban J connectivity index is 2.75. The van der Waals surface area contributed by atoms with Crippen LogP contribution in [0.25, 0.3) is 0 Å². The van der Waals surface area contributed by atoms with E-state index in [1.54, 1.807) is 19.1 Å². The number of aromatic nitrogens is 1. The minimum atomic E-state index is -0.811. The topological polar surface area (TPSA) is 86.0 Å². The first-order valence-corrected chi connectivity index (χ1v) is 5.72. The van der Waals surface area contributed by atoms with Crippen LogP contribution >= 0.6 is 0 Å². The molecule has 2 N–H and O–H groups in total. The van der Waals surface area contributed by atoms with Crippen LogP contribution in [0.15, 0.2) is 12.1 Å². The maximum Gasteiger partial charge on any atom is 0.303 e. The van der Waals surface area contributed by atoms with Gasteiger partial charge in [-0.2, -0.15) is 5.26 Å². The number of aryl methyl sites for hydroxylation is 1. The first kappa shape index (κ1) is 14.0. The molecule has 0 aliphatic carbocycles. The summed E-state index contributed by atoms with van der Waals surface area (Å²) >= 11 is 0. The van der Waals surface area contributed by atoms with Gasteiger partial charge in [0.2, 0.25) is 0 Å². The molecular weight excluding hydrogens is 230 g/mol. The van der Waals surface area contributed by atoms with E-state index in [-0.39, 0.29) is 12.0 Å². The quantitative estimate of drug-likeness (QED) is 0.833. The van der Waals surface area contributed by atoms with Crippen molar-refractivity contribution in [3.05, 3.63) is 23.4 Å². The molecule has 0 aliphatic rings. The first-order chi connectivity index (χ1) is 8.34. The Morgan fingerprint density at radius 1 is 1.56 bits per heavy atom. The van der Waals surface area contributed by atoms with E-state index >= 15 is 0 Å². The fourth-order valence-corrected chi connectivity index (χ4v) is 1.58. The van der Waals surface area contributed by atoms with Crippen LogP contribution in [0.2, 0.25) is 0 Å². The Labute approximate surface area is 106 Å². The molecule has 0 spiro atoms. The molecule has 0 aliphatic heterocycles.